The minimum absolute atomic E-state index is 0. The van der Waals surface area contributed by atoms with Gasteiger partial charge >= 0.3 is 0 Å². The summed E-state index contributed by atoms with van der Waals surface area (Å²) in [5.74, 6) is 0.460. The summed E-state index contributed by atoms with van der Waals surface area (Å²) < 4.78 is 0. The summed E-state index contributed by atoms with van der Waals surface area (Å²) >= 11 is 0. The zero-order chi connectivity index (χ0) is 15.2. The number of halogens is 1. The van der Waals surface area contributed by atoms with Crippen molar-refractivity contribution >= 4 is 12.4 Å². The van der Waals surface area contributed by atoms with E-state index in [1.54, 1.807) is 36.4 Å². The SMILES string of the molecule is CC(NCCc1ccc(O)cc1)[C@@H](O)c1ccc(O)cc1.Cl. The molecule has 2 atom stereocenters. The number of benzene rings is 2. The Labute approximate surface area is 136 Å². The van der Waals surface area contributed by atoms with Crippen molar-refractivity contribution in [3.63, 3.8) is 0 Å². The van der Waals surface area contributed by atoms with Gasteiger partial charge in [0, 0.05) is 6.04 Å². The Morgan fingerprint density at radius 1 is 0.909 bits per heavy atom. The molecule has 2 aromatic rings. The fourth-order valence-electron chi connectivity index (χ4n) is 2.18. The van der Waals surface area contributed by atoms with Crippen LogP contribution in [0.1, 0.15) is 24.2 Å². The Balaban J connectivity index is 0.00000242. The molecule has 0 heterocycles. The lowest BCUT2D eigenvalue weighted by atomic mass is 10.0. The zero-order valence-corrected chi connectivity index (χ0v) is 13.3. The number of aliphatic hydroxyl groups excluding tert-OH is 1. The molecule has 120 valence electrons. The van der Waals surface area contributed by atoms with Crippen molar-refractivity contribution in [1.29, 1.82) is 0 Å². The summed E-state index contributed by atoms with van der Waals surface area (Å²) in [5.41, 5.74) is 1.91. The molecular formula is C17H22ClNO3. The minimum Gasteiger partial charge on any atom is -0.508 e. The zero-order valence-electron chi connectivity index (χ0n) is 12.4. The molecule has 0 radical (unpaired) electrons. The molecule has 0 aliphatic heterocycles. The van der Waals surface area contributed by atoms with Crippen LogP contribution in [0.2, 0.25) is 0 Å². The van der Waals surface area contributed by atoms with Gasteiger partial charge in [0.2, 0.25) is 0 Å². The van der Waals surface area contributed by atoms with Gasteiger partial charge in [0.15, 0.2) is 0 Å². The second-order valence-electron chi connectivity index (χ2n) is 5.20. The van der Waals surface area contributed by atoms with Crippen molar-refractivity contribution in [2.45, 2.75) is 25.5 Å². The molecule has 2 aromatic carbocycles. The van der Waals surface area contributed by atoms with E-state index < -0.39 is 6.10 Å². The molecule has 22 heavy (non-hydrogen) atoms. The molecule has 0 aromatic heterocycles. The molecule has 5 heteroatoms. The molecule has 0 spiro atoms. The summed E-state index contributed by atoms with van der Waals surface area (Å²) in [7, 11) is 0. The molecule has 0 aliphatic rings. The van der Waals surface area contributed by atoms with E-state index in [9.17, 15) is 15.3 Å². The summed E-state index contributed by atoms with van der Waals surface area (Å²) in [6.45, 7) is 2.66. The number of rotatable bonds is 6. The van der Waals surface area contributed by atoms with Gasteiger partial charge in [0.05, 0.1) is 6.10 Å². The third-order valence-electron chi connectivity index (χ3n) is 3.52. The van der Waals surface area contributed by atoms with Crippen LogP contribution in [-0.2, 0) is 6.42 Å². The van der Waals surface area contributed by atoms with Crippen LogP contribution in [-0.4, -0.2) is 27.9 Å². The van der Waals surface area contributed by atoms with Gasteiger partial charge < -0.3 is 20.6 Å². The Bertz CT molecular complexity index is 557. The Morgan fingerprint density at radius 3 is 1.95 bits per heavy atom. The van der Waals surface area contributed by atoms with Gasteiger partial charge in [-0.3, -0.25) is 0 Å². The number of aromatic hydroxyl groups is 2. The molecule has 2 rings (SSSR count). The highest BCUT2D eigenvalue weighted by atomic mass is 35.5. The maximum Gasteiger partial charge on any atom is 0.115 e. The van der Waals surface area contributed by atoms with E-state index in [0.29, 0.717) is 0 Å². The van der Waals surface area contributed by atoms with Crippen LogP contribution in [0.15, 0.2) is 48.5 Å². The van der Waals surface area contributed by atoms with Gasteiger partial charge in [-0.1, -0.05) is 24.3 Å². The monoisotopic (exact) mass is 323 g/mol. The second kappa shape index (κ2) is 8.63. The average molecular weight is 324 g/mol. The number of hydrogen-bond acceptors (Lipinski definition) is 4. The van der Waals surface area contributed by atoms with E-state index in [1.807, 2.05) is 19.1 Å². The Morgan fingerprint density at radius 2 is 1.41 bits per heavy atom. The topological polar surface area (TPSA) is 72.7 Å². The van der Waals surface area contributed by atoms with Gasteiger partial charge in [0.25, 0.3) is 0 Å². The van der Waals surface area contributed by atoms with Crippen LogP contribution >= 0.6 is 12.4 Å². The highest BCUT2D eigenvalue weighted by Gasteiger charge is 2.15. The van der Waals surface area contributed by atoms with Crippen LogP contribution in [0.3, 0.4) is 0 Å². The number of phenols is 2. The van der Waals surface area contributed by atoms with Gasteiger partial charge in [-0.05, 0) is 55.3 Å². The number of aliphatic hydroxyl groups is 1. The van der Waals surface area contributed by atoms with Crippen molar-refractivity contribution in [3.05, 3.63) is 59.7 Å². The highest BCUT2D eigenvalue weighted by Crippen LogP contribution is 2.19. The van der Waals surface area contributed by atoms with Gasteiger partial charge in [0.1, 0.15) is 11.5 Å². The van der Waals surface area contributed by atoms with Crippen LogP contribution in [0.4, 0.5) is 0 Å². The largest absolute Gasteiger partial charge is 0.508 e. The Hall–Kier alpha value is -1.75. The molecule has 0 aliphatic carbocycles. The predicted octanol–water partition coefficient (Wildman–Crippen LogP) is 2.77. The highest BCUT2D eigenvalue weighted by molar-refractivity contribution is 5.85. The molecular weight excluding hydrogens is 302 g/mol. The first-order valence-electron chi connectivity index (χ1n) is 7.04. The van der Waals surface area contributed by atoms with Crippen LogP contribution in [0, 0.1) is 0 Å². The van der Waals surface area contributed by atoms with Gasteiger partial charge in [-0.2, -0.15) is 0 Å². The van der Waals surface area contributed by atoms with E-state index in [2.05, 4.69) is 5.32 Å². The van der Waals surface area contributed by atoms with Crippen molar-refractivity contribution < 1.29 is 15.3 Å². The van der Waals surface area contributed by atoms with Crippen molar-refractivity contribution in [1.82, 2.24) is 5.32 Å². The van der Waals surface area contributed by atoms with E-state index in [4.69, 9.17) is 0 Å². The summed E-state index contributed by atoms with van der Waals surface area (Å²) in [6.07, 6.45) is 0.206. The molecule has 4 N–H and O–H groups in total. The van der Waals surface area contributed by atoms with Crippen LogP contribution in [0.25, 0.3) is 0 Å². The number of nitrogens with one attached hydrogen (secondary N) is 1. The minimum atomic E-state index is -0.620. The van der Waals surface area contributed by atoms with E-state index >= 15 is 0 Å². The third kappa shape index (κ3) is 5.22. The smallest absolute Gasteiger partial charge is 0.115 e. The first-order chi connectivity index (χ1) is 10.1. The fourth-order valence-corrected chi connectivity index (χ4v) is 2.18. The normalized spacial score (nSPS) is 13.2. The van der Waals surface area contributed by atoms with Gasteiger partial charge in [-0.15, -0.1) is 12.4 Å². The number of phenolic OH excluding ortho intramolecular Hbond substituents is 2. The molecule has 0 saturated heterocycles. The Kier molecular flexibility index (Phi) is 7.18. The van der Waals surface area contributed by atoms with E-state index in [0.717, 1.165) is 24.1 Å². The van der Waals surface area contributed by atoms with Crippen molar-refractivity contribution in [3.8, 4) is 11.5 Å². The summed E-state index contributed by atoms with van der Waals surface area (Å²) in [5, 5.41) is 32.0. The first kappa shape index (κ1) is 18.3. The van der Waals surface area contributed by atoms with Crippen LogP contribution < -0.4 is 5.32 Å². The third-order valence-corrected chi connectivity index (χ3v) is 3.52. The molecule has 0 bridgehead atoms. The lowest BCUT2D eigenvalue weighted by Crippen LogP contribution is -2.33. The average Bonchev–Trinajstić information content (AvgIpc) is 2.49. The lowest BCUT2D eigenvalue weighted by molar-refractivity contribution is 0.136. The van der Waals surface area contributed by atoms with Crippen LogP contribution in [0.5, 0.6) is 11.5 Å². The summed E-state index contributed by atoms with van der Waals surface area (Å²) in [4.78, 5) is 0. The van der Waals surface area contributed by atoms with Crippen molar-refractivity contribution in [2.75, 3.05) is 6.54 Å². The molecule has 4 nitrogen and oxygen atoms in total. The lowest BCUT2D eigenvalue weighted by Gasteiger charge is -2.20. The number of hydrogen-bond donors (Lipinski definition) is 4. The molecule has 0 fully saturated rings. The fraction of sp³-hybridized carbons (Fsp3) is 0.294. The maximum absolute atomic E-state index is 10.2. The van der Waals surface area contributed by atoms with Gasteiger partial charge in [-0.25, -0.2) is 0 Å². The second-order valence-corrected chi connectivity index (χ2v) is 5.20. The standard InChI is InChI=1S/C17H21NO3.ClH/c1-12(17(21)14-4-8-16(20)9-5-14)18-11-10-13-2-6-15(19)7-3-13;/h2-9,12,17-21H,10-11H2,1H3;1H/t12?,17-;/m1./s1. The first-order valence-corrected chi connectivity index (χ1v) is 7.04. The van der Waals surface area contributed by atoms with E-state index in [-0.39, 0.29) is 29.9 Å². The maximum atomic E-state index is 10.2. The summed E-state index contributed by atoms with van der Waals surface area (Å²) in [6, 6.07) is 13.6. The van der Waals surface area contributed by atoms with Crippen molar-refractivity contribution in [2.24, 2.45) is 0 Å². The predicted molar refractivity (Wildman–Crippen MR) is 89.6 cm³/mol. The van der Waals surface area contributed by atoms with E-state index in [1.165, 1.54) is 0 Å². The quantitative estimate of drug-likeness (QED) is 0.659. The molecule has 1 unspecified atom stereocenters. The molecule has 0 saturated carbocycles. The molecule has 0 amide bonds.